The molecule has 1 atom stereocenters. The van der Waals surface area contributed by atoms with Gasteiger partial charge in [-0.1, -0.05) is 19.1 Å². The van der Waals surface area contributed by atoms with Crippen molar-refractivity contribution in [2.45, 2.75) is 32.9 Å². The van der Waals surface area contributed by atoms with Crippen LogP contribution >= 0.6 is 0 Å². The predicted octanol–water partition coefficient (Wildman–Crippen LogP) is 1.00. The van der Waals surface area contributed by atoms with E-state index in [1.165, 1.54) is 11.6 Å². The van der Waals surface area contributed by atoms with Crippen LogP contribution in [0.25, 0.3) is 11.2 Å². The molecule has 29 heavy (non-hydrogen) atoms. The first-order valence-corrected chi connectivity index (χ1v) is 9.61. The molecular weight excluding hydrogens is 374 g/mol. The zero-order valence-corrected chi connectivity index (χ0v) is 17.2. The number of ether oxygens (including phenoxy) is 1. The third kappa shape index (κ3) is 4.19. The summed E-state index contributed by atoms with van der Waals surface area (Å²) in [5, 5.41) is 13.7. The molecule has 1 unspecified atom stereocenters. The number of fused-ring (bicyclic) bond motifs is 1. The van der Waals surface area contributed by atoms with Gasteiger partial charge in [0.05, 0.1) is 6.54 Å². The topological polar surface area (TPSA) is 103 Å². The van der Waals surface area contributed by atoms with Gasteiger partial charge in [0.1, 0.15) is 18.5 Å². The van der Waals surface area contributed by atoms with E-state index in [9.17, 15) is 14.7 Å². The van der Waals surface area contributed by atoms with Crippen molar-refractivity contribution in [3.8, 4) is 5.75 Å². The Bertz CT molecular complexity index is 1130. The molecule has 1 aromatic carbocycles. The molecule has 0 aliphatic heterocycles. The maximum absolute atomic E-state index is 12.8. The number of imidazole rings is 1. The zero-order chi connectivity index (χ0) is 21.1. The molecule has 2 N–H and O–H groups in total. The quantitative estimate of drug-likeness (QED) is 0.584. The van der Waals surface area contributed by atoms with Gasteiger partial charge in [-0.15, -0.1) is 0 Å². The van der Waals surface area contributed by atoms with E-state index in [2.05, 4.69) is 10.3 Å². The third-order valence-electron chi connectivity index (χ3n) is 4.71. The molecular formula is C20H27N5O4. The molecule has 0 radical (unpaired) electrons. The van der Waals surface area contributed by atoms with Crippen molar-refractivity contribution >= 4 is 17.1 Å². The van der Waals surface area contributed by atoms with E-state index in [0.717, 1.165) is 16.6 Å². The second-order valence-electron chi connectivity index (χ2n) is 7.13. The highest BCUT2D eigenvalue weighted by Crippen LogP contribution is 2.17. The number of anilines is 1. The highest BCUT2D eigenvalue weighted by atomic mass is 16.5. The summed E-state index contributed by atoms with van der Waals surface area (Å²) >= 11 is 0. The van der Waals surface area contributed by atoms with Gasteiger partial charge >= 0.3 is 5.69 Å². The summed E-state index contributed by atoms with van der Waals surface area (Å²) in [6, 6.07) is 7.56. The van der Waals surface area contributed by atoms with Gasteiger partial charge in [-0.05, 0) is 31.0 Å². The van der Waals surface area contributed by atoms with Gasteiger partial charge in [0.25, 0.3) is 5.56 Å². The van der Waals surface area contributed by atoms with Gasteiger partial charge < -0.3 is 19.7 Å². The summed E-state index contributed by atoms with van der Waals surface area (Å²) < 4.78 is 9.68. The van der Waals surface area contributed by atoms with E-state index in [1.54, 1.807) is 11.6 Å². The Morgan fingerprint density at radius 2 is 2.00 bits per heavy atom. The molecule has 0 spiro atoms. The van der Waals surface area contributed by atoms with Crippen molar-refractivity contribution in [3.05, 3.63) is 50.7 Å². The molecule has 3 rings (SSSR count). The van der Waals surface area contributed by atoms with E-state index >= 15 is 0 Å². The predicted molar refractivity (Wildman–Crippen MR) is 112 cm³/mol. The molecule has 156 valence electrons. The van der Waals surface area contributed by atoms with E-state index in [0.29, 0.717) is 18.2 Å². The van der Waals surface area contributed by atoms with Crippen LogP contribution in [0.3, 0.4) is 0 Å². The minimum Gasteiger partial charge on any atom is -0.491 e. The average Bonchev–Trinajstić information content (AvgIpc) is 3.06. The van der Waals surface area contributed by atoms with Gasteiger partial charge in [0.15, 0.2) is 11.2 Å². The molecule has 0 saturated heterocycles. The van der Waals surface area contributed by atoms with Crippen LogP contribution in [-0.4, -0.2) is 43.0 Å². The fourth-order valence-corrected chi connectivity index (χ4v) is 3.16. The minimum absolute atomic E-state index is 0.0580. The second kappa shape index (κ2) is 8.52. The van der Waals surface area contributed by atoms with Crippen LogP contribution in [0.2, 0.25) is 0 Å². The number of nitrogens with zero attached hydrogens (tertiary/aromatic N) is 4. The van der Waals surface area contributed by atoms with Gasteiger partial charge in [-0.25, -0.2) is 4.79 Å². The van der Waals surface area contributed by atoms with Gasteiger partial charge in [-0.3, -0.25) is 13.9 Å². The van der Waals surface area contributed by atoms with E-state index < -0.39 is 17.4 Å². The minimum atomic E-state index is -0.878. The van der Waals surface area contributed by atoms with Crippen molar-refractivity contribution in [1.29, 1.82) is 0 Å². The lowest BCUT2D eigenvalue weighted by Gasteiger charge is -2.16. The first-order valence-electron chi connectivity index (χ1n) is 9.61. The summed E-state index contributed by atoms with van der Waals surface area (Å²) in [6.07, 6.45) is -0.0175. The van der Waals surface area contributed by atoms with Gasteiger partial charge in [-0.2, -0.15) is 4.98 Å². The Balaban J connectivity index is 1.93. The first kappa shape index (κ1) is 20.7. The first-order chi connectivity index (χ1) is 13.8. The molecule has 9 nitrogen and oxygen atoms in total. The highest BCUT2D eigenvalue weighted by molar-refractivity contribution is 5.74. The lowest BCUT2D eigenvalue weighted by Crippen LogP contribution is -2.38. The number of aliphatic hydroxyl groups is 1. The molecule has 3 aromatic rings. The summed E-state index contributed by atoms with van der Waals surface area (Å²) in [5.74, 6) is 1.11. The number of aliphatic hydroxyl groups excluding tert-OH is 1. The Labute approximate surface area is 168 Å². The summed E-state index contributed by atoms with van der Waals surface area (Å²) in [4.78, 5) is 29.4. The summed E-state index contributed by atoms with van der Waals surface area (Å²) in [7, 11) is 3.00. The summed E-state index contributed by atoms with van der Waals surface area (Å²) in [6.45, 7) is 4.78. The number of aryl methyl sites for hydroxylation is 2. The number of hydrogen-bond acceptors (Lipinski definition) is 6. The zero-order valence-electron chi connectivity index (χ0n) is 17.2. The Kier molecular flexibility index (Phi) is 6.07. The third-order valence-corrected chi connectivity index (χ3v) is 4.71. The molecule has 0 aliphatic rings. The second-order valence-corrected chi connectivity index (χ2v) is 7.13. The van der Waals surface area contributed by atoms with Gasteiger partial charge in [0, 0.05) is 20.6 Å². The largest absolute Gasteiger partial charge is 0.491 e. The maximum Gasteiger partial charge on any atom is 0.332 e. The molecule has 2 aromatic heterocycles. The molecule has 0 aliphatic carbocycles. The molecule has 0 saturated carbocycles. The highest BCUT2D eigenvalue weighted by Gasteiger charge is 2.21. The lowest BCUT2D eigenvalue weighted by atomic mass is 10.2. The van der Waals surface area contributed by atoms with Crippen molar-refractivity contribution in [2.24, 2.45) is 14.1 Å². The number of nitrogens with one attached hydrogen (secondary N) is 1. The van der Waals surface area contributed by atoms with Crippen molar-refractivity contribution < 1.29 is 9.84 Å². The Morgan fingerprint density at radius 3 is 2.69 bits per heavy atom. The van der Waals surface area contributed by atoms with E-state index in [4.69, 9.17) is 4.74 Å². The standard InChI is InChI=1S/C20H27N5O4/c1-5-9-21-19-22-17-16(18(27)24(4)20(28)23(17)3)25(19)11-14(26)12-29-15-8-6-7-13(2)10-15/h6-8,10,14,26H,5,9,11-12H2,1-4H3,(H,21,22). The molecule has 0 fully saturated rings. The fraction of sp³-hybridized carbons (Fsp3) is 0.450. The van der Waals surface area contributed by atoms with Crippen LogP contribution in [0, 0.1) is 6.92 Å². The smallest absolute Gasteiger partial charge is 0.332 e. The number of hydrogen-bond donors (Lipinski definition) is 2. The number of aromatic nitrogens is 4. The van der Waals surface area contributed by atoms with Crippen molar-refractivity contribution in [3.63, 3.8) is 0 Å². The normalized spacial score (nSPS) is 12.3. The van der Waals surface area contributed by atoms with Crippen LogP contribution < -0.4 is 21.3 Å². The Morgan fingerprint density at radius 1 is 1.24 bits per heavy atom. The van der Waals surface area contributed by atoms with Crippen LogP contribution in [0.4, 0.5) is 5.95 Å². The SMILES string of the molecule is CCCNc1nc2c(c(=O)n(C)c(=O)n2C)n1CC(O)COc1cccc(C)c1. The van der Waals surface area contributed by atoms with Crippen LogP contribution in [0.1, 0.15) is 18.9 Å². The summed E-state index contributed by atoms with van der Waals surface area (Å²) in [5.41, 5.74) is 0.712. The number of rotatable bonds is 8. The van der Waals surface area contributed by atoms with Crippen LogP contribution in [0.5, 0.6) is 5.75 Å². The Hall–Kier alpha value is -3.07. The lowest BCUT2D eigenvalue weighted by molar-refractivity contribution is 0.0938. The monoisotopic (exact) mass is 401 g/mol. The van der Waals surface area contributed by atoms with E-state index in [1.807, 2.05) is 38.1 Å². The van der Waals surface area contributed by atoms with Crippen LogP contribution in [-0.2, 0) is 20.6 Å². The van der Waals surface area contributed by atoms with Crippen molar-refractivity contribution in [1.82, 2.24) is 18.7 Å². The van der Waals surface area contributed by atoms with Crippen LogP contribution in [0.15, 0.2) is 33.9 Å². The van der Waals surface area contributed by atoms with Gasteiger partial charge in [0.2, 0.25) is 5.95 Å². The average molecular weight is 401 g/mol. The fourth-order valence-electron chi connectivity index (χ4n) is 3.16. The van der Waals surface area contributed by atoms with E-state index in [-0.39, 0.29) is 24.3 Å². The maximum atomic E-state index is 12.8. The van der Waals surface area contributed by atoms with Crippen molar-refractivity contribution in [2.75, 3.05) is 18.5 Å². The molecule has 9 heteroatoms. The molecule has 0 amide bonds. The molecule has 2 heterocycles. The number of benzene rings is 1. The molecule has 0 bridgehead atoms.